The molecule has 0 fully saturated rings. The molecule has 2 unspecified atom stereocenters. The van der Waals surface area contributed by atoms with Gasteiger partial charge in [0.2, 0.25) is 11.8 Å². The molecule has 10 nitrogen and oxygen atoms in total. The van der Waals surface area contributed by atoms with Crippen LogP contribution in [0.5, 0.6) is 0 Å². The molecular formula is C35H39ClN4O6. The second-order valence-corrected chi connectivity index (χ2v) is 11.7. The maximum absolute atomic E-state index is 12.9. The number of benzene rings is 3. The third kappa shape index (κ3) is 11.0. The zero-order valence-corrected chi connectivity index (χ0v) is 26.5. The number of oxazole rings is 1. The first-order chi connectivity index (χ1) is 22.2. The second-order valence-electron chi connectivity index (χ2n) is 11.2. The van der Waals surface area contributed by atoms with Crippen LogP contribution in [0.4, 0.5) is 4.79 Å². The Morgan fingerprint density at radius 2 is 1.63 bits per heavy atom. The first kappa shape index (κ1) is 34.2. The van der Waals surface area contributed by atoms with Gasteiger partial charge in [-0.1, -0.05) is 91.3 Å². The third-order valence-electron chi connectivity index (χ3n) is 7.38. The van der Waals surface area contributed by atoms with Gasteiger partial charge in [0.25, 0.3) is 5.91 Å². The summed E-state index contributed by atoms with van der Waals surface area (Å²) in [4.78, 5) is 41.9. The van der Waals surface area contributed by atoms with Crippen LogP contribution in [0.25, 0.3) is 0 Å². The highest BCUT2D eigenvalue weighted by Crippen LogP contribution is 2.26. The van der Waals surface area contributed by atoms with Crippen molar-refractivity contribution in [2.75, 3.05) is 13.1 Å². The lowest BCUT2D eigenvalue weighted by Gasteiger charge is -2.25. The number of aromatic nitrogens is 1. The smallest absolute Gasteiger partial charge is 0.407 e. The Morgan fingerprint density at radius 3 is 2.35 bits per heavy atom. The molecule has 11 heteroatoms. The largest absolute Gasteiger partial charge is 0.445 e. The van der Waals surface area contributed by atoms with Gasteiger partial charge in [-0.05, 0) is 54.0 Å². The zero-order valence-electron chi connectivity index (χ0n) is 25.7. The van der Waals surface area contributed by atoms with E-state index in [0.29, 0.717) is 24.4 Å². The first-order valence-electron chi connectivity index (χ1n) is 15.2. The van der Waals surface area contributed by atoms with Gasteiger partial charge in [-0.3, -0.25) is 9.59 Å². The van der Waals surface area contributed by atoms with E-state index < -0.39 is 17.6 Å². The van der Waals surface area contributed by atoms with Gasteiger partial charge < -0.3 is 30.2 Å². The van der Waals surface area contributed by atoms with E-state index in [0.717, 1.165) is 16.7 Å². The lowest BCUT2D eigenvalue weighted by Crippen LogP contribution is -2.42. The van der Waals surface area contributed by atoms with Crippen molar-refractivity contribution in [1.29, 1.82) is 0 Å². The second kappa shape index (κ2) is 17.1. The van der Waals surface area contributed by atoms with E-state index in [1.807, 2.05) is 73.7 Å². The van der Waals surface area contributed by atoms with Gasteiger partial charge in [0.05, 0.1) is 6.54 Å². The minimum absolute atomic E-state index is 0.00454. The van der Waals surface area contributed by atoms with E-state index in [-0.39, 0.29) is 55.9 Å². The number of aliphatic hydroxyl groups is 1. The van der Waals surface area contributed by atoms with Gasteiger partial charge in [0, 0.05) is 24.5 Å². The number of alkyl carbamates (subject to hydrolysis) is 1. The number of amides is 3. The monoisotopic (exact) mass is 646 g/mol. The maximum Gasteiger partial charge on any atom is 0.407 e. The van der Waals surface area contributed by atoms with Crippen molar-refractivity contribution >= 4 is 29.5 Å². The third-order valence-corrected chi connectivity index (χ3v) is 7.61. The Morgan fingerprint density at radius 1 is 0.935 bits per heavy atom. The lowest BCUT2D eigenvalue weighted by atomic mass is 9.94. The summed E-state index contributed by atoms with van der Waals surface area (Å²) in [6.07, 6.45) is 2.07. The number of carbonyl (C=O) groups is 3. The number of rotatable bonds is 16. The summed E-state index contributed by atoms with van der Waals surface area (Å²) in [5.74, 6) is -0.870. The van der Waals surface area contributed by atoms with Gasteiger partial charge in [-0.15, -0.1) is 0 Å². The molecule has 4 N–H and O–H groups in total. The van der Waals surface area contributed by atoms with Crippen LogP contribution in [0.1, 0.15) is 59.3 Å². The van der Waals surface area contributed by atoms with Crippen molar-refractivity contribution in [2.45, 2.75) is 51.4 Å². The Hall–Kier alpha value is -4.67. The number of carbonyl (C=O) groups excluding carboxylic acids is 3. The zero-order chi connectivity index (χ0) is 32.8. The molecule has 0 aliphatic heterocycles. The number of nitrogens with zero attached hydrogens (tertiary/aromatic N) is 1. The molecule has 0 spiro atoms. The molecule has 4 rings (SSSR count). The number of halogens is 1. The van der Waals surface area contributed by atoms with Crippen molar-refractivity contribution in [3.63, 3.8) is 0 Å². The molecule has 2 atom stereocenters. The van der Waals surface area contributed by atoms with E-state index in [9.17, 15) is 19.5 Å². The van der Waals surface area contributed by atoms with Gasteiger partial charge in [-0.25, -0.2) is 9.78 Å². The van der Waals surface area contributed by atoms with Crippen LogP contribution < -0.4 is 16.0 Å². The molecule has 46 heavy (non-hydrogen) atoms. The normalized spacial score (nSPS) is 12.8. The molecule has 0 saturated carbocycles. The fraction of sp³-hybridized carbons (Fsp3) is 0.314. The molecule has 0 aliphatic rings. The summed E-state index contributed by atoms with van der Waals surface area (Å²) < 4.78 is 10.8. The summed E-state index contributed by atoms with van der Waals surface area (Å²) >= 11 is 6.03. The Balaban J connectivity index is 1.29. The minimum Gasteiger partial charge on any atom is -0.445 e. The molecule has 3 amide bonds. The highest BCUT2D eigenvalue weighted by molar-refractivity contribution is 6.30. The lowest BCUT2D eigenvalue weighted by molar-refractivity contribution is -0.123. The molecule has 0 saturated heterocycles. The minimum atomic E-state index is -1.68. The van der Waals surface area contributed by atoms with Crippen molar-refractivity contribution < 1.29 is 28.6 Å². The quantitative estimate of drug-likeness (QED) is 0.125. The van der Waals surface area contributed by atoms with Crippen LogP contribution in [0.3, 0.4) is 0 Å². The molecule has 0 aliphatic carbocycles. The van der Waals surface area contributed by atoms with Crippen LogP contribution in [-0.4, -0.2) is 41.1 Å². The van der Waals surface area contributed by atoms with Gasteiger partial charge in [-0.2, -0.15) is 0 Å². The molecule has 1 heterocycles. The Kier molecular flexibility index (Phi) is 12.7. The van der Waals surface area contributed by atoms with E-state index in [1.165, 1.54) is 6.26 Å². The number of hydrogen-bond acceptors (Lipinski definition) is 7. The summed E-state index contributed by atoms with van der Waals surface area (Å²) in [5.41, 5.74) is 1.03. The topological polar surface area (TPSA) is 143 Å². The van der Waals surface area contributed by atoms with Crippen LogP contribution in [0.15, 0.2) is 95.6 Å². The average molecular weight is 647 g/mol. The predicted molar refractivity (Wildman–Crippen MR) is 174 cm³/mol. The SMILES string of the molecule is CC(CCNC(=O)OCc1ccccc1)CC(=O)NCC(O)(CCc1ccccc1)c1nc(C(=O)NCc2cccc(Cl)c2)co1. The van der Waals surface area contributed by atoms with Gasteiger partial charge in [0.15, 0.2) is 11.3 Å². The van der Waals surface area contributed by atoms with Crippen molar-refractivity contribution in [3.05, 3.63) is 124 Å². The Bertz CT molecular complexity index is 1570. The number of aryl methyl sites for hydroxylation is 1. The van der Waals surface area contributed by atoms with Crippen LogP contribution >= 0.6 is 11.6 Å². The molecule has 0 bridgehead atoms. The molecule has 4 aromatic rings. The highest BCUT2D eigenvalue weighted by atomic mass is 35.5. The number of nitrogens with one attached hydrogen (secondary N) is 3. The van der Waals surface area contributed by atoms with E-state index in [4.69, 9.17) is 20.8 Å². The first-order valence-corrected chi connectivity index (χ1v) is 15.5. The van der Waals surface area contributed by atoms with E-state index in [2.05, 4.69) is 20.9 Å². The standard InChI is InChI=1S/C35H39ClN4O6/c1-25(16-18-37-34(43)46-22-27-11-6-3-7-12-27)19-31(41)39-24-35(44,17-15-26-9-4-2-5-10-26)33-40-30(23-45-33)32(42)38-21-28-13-8-14-29(36)20-28/h2-14,20,23,25,44H,15-19,21-22,24H2,1H3,(H,37,43)(H,38,42)(H,39,41). The van der Waals surface area contributed by atoms with Crippen LogP contribution in [0.2, 0.25) is 5.02 Å². The number of ether oxygens (including phenoxy) is 1. The van der Waals surface area contributed by atoms with Crippen molar-refractivity contribution in [2.24, 2.45) is 5.92 Å². The summed E-state index contributed by atoms with van der Waals surface area (Å²) in [6.45, 7) is 2.50. The Labute approximate surface area is 273 Å². The van der Waals surface area contributed by atoms with Crippen molar-refractivity contribution in [3.8, 4) is 0 Å². The maximum atomic E-state index is 12.9. The average Bonchev–Trinajstić information content (AvgIpc) is 3.57. The van der Waals surface area contributed by atoms with Crippen molar-refractivity contribution in [1.82, 2.24) is 20.9 Å². The summed E-state index contributed by atoms with van der Waals surface area (Å²) in [5, 5.41) is 20.6. The molecule has 242 valence electrons. The fourth-order valence-electron chi connectivity index (χ4n) is 4.71. The molecule has 1 aromatic heterocycles. The predicted octanol–water partition coefficient (Wildman–Crippen LogP) is 5.54. The fourth-order valence-corrected chi connectivity index (χ4v) is 4.92. The molecule has 0 radical (unpaired) electrons. The van der Waals surface area contributed by atoms with E-state index in [1.54, 1.807) is 18.2 Å². The van der Waals surface area contributed by atoms with Crippen LogP contribution in [0, 0.1) is 5.92 Å². The van der Waals surface area contributed by atoms with Gasteiger partial charge in [0.1, 0.15) is 12.9 Å². The summed E-state index contributed by atoms with van der Waals surface area (Å²) in [7, 11) is 0. The molecule has 3 aromatic carbocycles. The summed E-state index contributed by atoms with van der Waals surface area (Å²) in [6, 6.07) is 26.1. The highest BCUT2D eigenvalue weighted by Gasteiger charge is 2.36. The molecular weight excluding hydrogens is 608 g/mol. The number of hydrogen-bond donors (Lipinski definition) is 4. The van der Waals surface area contributed by atoms with E-state index >= 15 is 0 Å². The van der Waals surface area contributed by atoms with Crippen LogP contribution in [-0.2, 0) is 34.7 Å². The van der Waals surface area contributed by atoms with Gasteiger partial charge >= 0.3 is 6.09 Å².